The number of thiazole rings is 1. The summed E-state index contributed by atoms with van der Waals surface area (Å²) in [7, 11) is 0. The molecule has 0 saturated carbocycles. The Morgan fingerprint density at radius 3 is 3.00 bits per heavy atom. The molecule has 0 bridgehead atoms. The first kappa shape index (κ1) is 14.2. The Bertz CT molecular complexity index is 625. The molecule has 0 atom stereocenters. The van der Waals surface area contributed by atoms with E-state index in [0.717, 1.165) is 10.7 Å². The molecule has 0 fully saturated rings. The van der Waals surface area contributed by atoms with E-state index in [1.54, 1.807) is 17.5 Å². The van der Waals surface area contributed by atoms with Crippen molar-refractivity contribution in [1.29, 1.82) is 0 Å². The van der Waals surface area contributed by atoms with Gasteiger partial charge in [-0.05, 0) is 22.9 Å². The molecule has 0 unspecified atom stereocenters. The standard InChI is InChI=1S/C11H13BrN4O2S/c1-7-15-8(6-19-7)4-13-9-5-14-16(2-3-17)11(18)10(9)12/h5-6,13,17H,2-4H2,1H3. The lowest BCUT2D eigenvalue weighted by Crippen LogP contribution is -2.25. The Morgan fingerprint density at radius 2 is 2.37 bits per heavy atom. The number of anilines is 1. The van der Waals surface area contributed by atoms with Crippen LogP contribution in [0, 0.1) is 6.92 Å². The van der Waals surface area contributed by atoms with E-state index in [4.69, 9.17) is 5.11 Å². The number of hydrogen-bond acceptors (Lipinski definition) is 6. The van der Waals surface area contributed by atoms with E-state index < -0.39 is 0 Å². The summed E-state index contributed by atoms with van der Waals surface area (Å²) >= 11 is 4.83. The summed E-state index contributed by atoms with van der Waals surface area (Å²) in [4.78, 5) is 16.2. The van der Waals surface area contributed by atoms with E-state index in [1.807, 2.05) is 12.3 Å². The summed E-state index contributed by atoms with van der Waals surface area (Å²) in [5.41, 5.74) is 1.27. The number of aliphatic hydroxyl groups excluding tert-OH is 1. The smallest absolute Gasteiger partial charge is 0.283 e. The number of nitrogens with zero attached hydrogens (tertiary/aromatic N) is 3. The first-order valence-electron chi connectivity index (χ1n) is 5.63. The van der Waals surface area contributed by atoms with Crippen molar-refractivity contribution in [3.63, 3.8) is 0 Å². The van der Waals surface area contributed by atoms with Crippen LogP contribution in [0.15, 0.2) is 20.8 Å². The molecular formula is C11H13BrN4O2S. The van der Waals surface area contributed by atoms with Gasteiger partial charge < -0.3 is 10.4 Å². The molecule has 2 rings (SSSR count). The minimum atomic E-state index is -0.270. The van der Waals surface area contributed by atoms with Crippen LogP contribution >= 0.6 is 27.3 Å². The van der Waals surface area contributed by atoms with Crippen molar-refractivity contribution in [3.05, 3.63) is 37.1 Å². The lowest BCUT2D eigenvalue weighted by molar-refractivity contribution is 0.266. The molecule has 2 aromatic rings. The van der Waals surface area contributed by atoms with Crippen LogP contribution in [0.5, 0.6) is 0 Å². The molecule has 19 heavy (non-hydrogen) atoms. The van der Waals surface area contributed by atoms with Crippen molar-refractivity contribution in [3.8, 4) is 0 Å². The van der Waals surface area contributed by atoms with Gasteiger partial charge in [0.25, 0.3) is 5.56 Å². The van der Waals surface area contributed by atoms with Gasteiger partial charge in [0.15, 0.2) is 0 Å². The van der Waals surface area contributed by atoms with Gasteiger partial charge in [0.2, 0.25) is 0 Å². The van der Waals surface area contributed by atoms with Crippen molar-refractivity contribution < 1.29 is 5.11 Å². The number of hydrogen-bond donors (Lipinski definition) is 2. The molecular weight excluding hydrogens is 332 g/mol. The van der Waals surface area contributed by atoms with Crippen LogP contribution in [-0.2, 0) is 13.1 Å². The first-order chi connectivity index (χ1) is 9.11. The number of nitrogens with one attached hydrogen (secondary N) is 1. The zero-order valence-electron chi connectivity index (χ0n) is 10.3. The van der Waals surface area contributed by atoms with Gasteiger partial charge >= 0.3 is 0 Å². The fourth-order valence-corrected chi connectivity index (χ4v) is 2.58. The molecule has 0 saturated heterocycles. The van der Waals surface area contributed by atoms with Crippen molar-refractivity contribution in [2.24, 2.45) is 0 Å². The highest BCUT2D eigenvalue weighted by molar-refractivity contribution is 9.10. The van der Waals surface area contributed by atoms with Gasteiger partial charge in [-0.1, -0.05) is 0 Å². The molecule has 6 nitrogen and oxygen atoms in total. The number of aryl methyl sites for hydroxylation is 1. The Hall–Kier alpha value is -1.25. The van der Waals surface area contributed by atoms with Crippen molar-refractivity contribution in [2.45, 2.75) is 20.0 Å². The van der Waals surface area contributed by atoms with Crippen LogP contribution in [0.2, 0.25) is 0 Å². The third-order valence-electron chi connectivity index (χ3n) is 2.42. The molecule has 0 aliphatic rings. The van der Waals surface area contributed by atoms with E-state index in [-0.39, 0.29) is 18.7 Å². The monoisotopic (exact) mass is 344 g/mol. The molecule has 0 spiro atoms. The Morgan fingerprint density at radius 1 is 1.58 bits per heavy atom. The second-order valence-electron chi connectivity index (χ2n) is 3.84. The van der Waals surface area contributed by atoms with E-state index in [2.05, 4.69) is 31.3 Å². The zero-order chi connectivity index (χ0) is 13.8. The minimum absolute atomic E-state index is 0.121. The molecule has 8 heteroatoms. The topological polar surface area (TPSA) is 80.0 Å². The summed E-state index contributed by atoms with van der Waals surface area (Å²) in [6, 6.07) is 0. The third kappa shape index (κ3) is 3.40. The summed E-state index contributed by atoms with van der Waals surface area (Å²) in [5.74, 6) is 0. The summed E-state index contributed by atoms with van der Waals surface area (Å²) < 4.78 is 1.62. The van der Waals surface area contributed by atoms with Crippen LogP contribution in [0.25, 0.3) is 0 Å². The summed E-state index contributed by atoms with van der Waals surface area (Å²) in [6.07, 6.45) is 1.56. The maximum atomic E-state index is 11.9. The number of aromatic nitrogens is 3. The maximum Gasteiger partial charge on any atom is 0.283 e. The molecule has 2 aromatic heterocycles. The van der Waals surface area contributed by atoms with Gasteiger partial charge in [-0.15, -0.1) is 11.3 Å². The highest BCUT2D eigenvalue weighted by Gasteiger charge is 2.08. The Kier molecular flexibility index (Phi) is 4.67. The fraction of sp³-hybridized carbons (Fsp3) is 0.364. The molecule has 0 amide bonds. The molecule has 0 aliphatic heterocycles. The minimum Gasteiger partial charge on any atom is -0.394 e. The first-order valence-corrected chi connectivity index (χ1v) is 7.30. The average molecular weight is 345 g/mol. The van der Waals surface area contributed by atoms with Crippen LogP contribution in [0.4, 0.5) is 5.69 Å². The summed E-state index contributed by atoms with van der Waals surface area (Å²) in [6.45, 7) is 2.54. The average Bonchev–Trinajstić information content (AvgIpc) is 2.80. The lowest BCUT2D eigenvalue weighted by Gasteiger charge is -2.08. The van der Waals surface area contributed by atoms with Gasteiger partial charge in [0.1, 0.15) is 4.47 Å². The number of aliphatic hydroxyl groups is 1. The van der Waals surface area contributed by atoms with Gasteiger partial charge in [-0.3, -0.25) is 4.79 Å². The molecule has 0 radical (unpaired) electrons. The zero-order valence-corrected chi connectivity index (χ0v) is 12.7. The van der Waals surface area contributed by atoms with Crippen LogP contribution in [0.1, 0.15) is 10.7 Å². The van der Waals surface area contributed by atoms with E-state index in [1.165, 1.54) is 4.68 Å². The number of rotatable bonds is 5. The maximum absolute atomic E-state index is 11.9. The Labute approximate surface area is 122 Å². The highest BCUT2D eigenvalue weighted by Crippen LogP contribution is 2.17. The SMILES string of the molecule is Cc1nc(CNc2cnn(CCO)c(=O)c2Br)cs1. The Balaban J connectivity index is 2.13. The van der Waals surface area contributed by atoms with E-state index >= 15 is 0 Å². The van der Waals surface area contributed by atoms with Gasteiger partial charge in [0, 0.05) is 5.38 Å². The van der Waals surface area contributed by atoms with Crippen molar-refractivity contribution >= 4 is 33.0 Å². The third-order valence-corrected chi connectivity index (χ3v) is 4.01. The highest BCUT2D eigenvalue weighted by atomic mass is 79.9. The van der Waals surface area contributed by atoms with Gasteiger partial charge in [-0.25, -0.2) is 9.67 Å². The van der Waals surface area contributed by atoms with Gasteiger partial charge in [0.05, 0.1) is 42.3 Å². The van der Waals surface area contributed by atoms with E-state index in [9.17, 15) is 4.79 Å². The van der Waals surface area contributed by atoms with Crippen LogP contribution in [-0.4, -0.2) is 26.5 Å². The molecule has 0 aliphatic carbocycles. The normalized spacial score (nSPS) is 10.7. The lowest BCUT2D eigenvalue weighted by atomic mass is 10.4. The van der Waals surface area contributed by atoms with Crippen LogP contribution in [0.3, 0.4) is 0 Å². The quantitative estimate of drug-likeness (QED) is 0.856. The van der Waals surface area contributed by atoms with Crippen molar-refractivity contribution in [1.82, 2.24) is 14.8 Å². The van der Waals surface area contributed by atoms with Gasteiger partial charge in [-0.2, -0.15) is 5.10 Å². The second-order valence-corrected chi connectivity index (χ2v) is 5.69. The second kappa shape index (κ2) is 6.27. The number of halogens is 1. The molecule has 2 N–H and O–H groups in total. The predicted molar refractivity (Wildman–Crippen MR) is 77.5 cm³/mol. The van der Waals surface area contributed by atoms with Crippen LogP contribution < -0.4 is 10.9 Å². The fourth-order valence-electron chi connectivity index (χ4n) is 1.52. The van der Waals surface area contributed by atoms with E-state index in [0.29, 0.717) is 16.7 Å². The molecule has 0 aromatic carbocycles. The molecule has 2 heterocycles. The largest absolute Gasteiger partial charge is 0.394 e. The summed E-state index contributed by atoms with van der Waals surface area (Å²) in [5, 5.41) is 18.9. The molecule has 102 valence electrons. The van der Waals surface area contributed by atoms with Crippen molar-refractivity contribution in [2.75, 3.05) is 11.9 Å². The predicted octanol–water partition coefficient (Wildman–Crippen LogP) is 1.38.